The molecule has 0 bridgehead atoms. The molecular formula is C19H26N6O2. The first kappa shape index (κ1) is 19.0. The number of piperazine rings is 1. The van der Waals surface area contributed by atoms with Gasteiger partial charge in [-0.1, -0.05) is 18.6 Å². The maximum Gasteiger partial charge on any atom is 0.251 e. The minimum atomic E-state index is -0.485. The van der Waals surface area contributed by atoms with E-state index in [0.717, 1.165) is 25.2 Å². The molecule has 27 heavy (non-hydrogen) atoms. The van der Waals surface area contributed by atoms with Gasteiger partial charge in [-0.15, -0.1) is 5.10 Å². The van der Waals surface area contributed by atoms with Crippen molar-refractivity contribution in [2.24, 2.45) is 0 Å². The Balaban J connectivity index is 1.65. The first-order chi connectivity index (χ1) is 13.1. The summed E-state index contributed by atoms with van der Waals surface area (Å²) < 4.78 is 1.62. The molecule has 2 amide bonds. The average molecular weight is 370 g/mol. The Kier molecular flexibility index (Phi) is 6.18. The van der Waals surface area contributed by atoms with Crippen molar-refractivity contribution in [2.45, 2.75) is 25.8 Å². The highest BCUT2D eigenvalue weighted by molar-refractivity contribution is 5.97. The van der Waals surface area contributed by atoms with Gasteiger partial charge >= 0.3 is 0 Å². The van der Waals surface area contributed by atoms with E-state index in [-0.39, 0.29) is 11.8 Å². The van der Waals surface area contributed by atoms with Gasteiger partial charge in [-0.25, -0.2) is 4.68 Å². The van der Waals surface area contributed by atoms with E-state index in [0.29, 0.717) is 25.1 Å². The molecule has 1 saturated heterocycles. The predicted molar refractivity (Wildman–Crippen MR) is 102 cm³/mol. The molecule has 1 aromatic carbocycles. The maximum atomic E-state index is 12.8. The van der Waals surface area contributed by atoms with E-state index >= 15 is 0 Å². The molecule has 144 valence electrons. The van der Waals surface area contributed by atoms with Crippen LogP contribution < -0.4 is 5.32 Å². The number of carbonyl (C=O) groups is 2. The molecule has 1 atom stereocenters. The quantitative estimate of drug-likeness (QED) is 0.818. The predicted octanol–water partition coefficient (Wildman–Crippen LogP) is 0.940. The van der Waals surface area contributed by atoms with Gasteiger partial charge in [0.2, 0.25) is 5.91 Å². The molecule has 8 heteroatoms. The van der Waals surface area contributed by atoms with Crippen molar-refractivity contribution in [3.8, 4) is 5.69 Å². The lowest BCUT2D eigenvalue weighted by Gasteiger charge is -2.34. The van der Waals surface area contributed by atoms with Crippen LogP contribution in [0.4, 0.5) is 0 Å². The SMILES string of the molecule is CCC[C@H](NC(=O)c1ccc(-n2ccnn2)cc1)C(=O)N1CCN(C)CC1. The number of carbonyl (C=O) groups excluding carboxylic acids is 2. The summed E-state index contributed by atoms with van der Waals surface area (Å²) in [5.74, 6) is -0.224. The van der Waals surface area contributed by atoms with Crippen LogP contribution in [0.3, 0.4) is 0 Å². The Morgan fingerprint density at radius 1 is 1.15 bits per heavy atom. The van der Waals surface area contributed by atoms with Gasteiger partial charge < -0.3 is 15.1 Å². The molecule has 8 nitrogen and oxygen atoms in total. The van der Waals surface area contributed by atoms with E-state index in [2.05, 4.69) is 27.6 Å². The van der Waals surface area contributed by atoms with Crippen LogP contribution in [0.15, 0.2) is 36.7 Å². The van der Waals surface area contributed by atoms with Crippen LogP contribution in [-0.2, 0) is 4.79 Å². The van der Waals surface area contributed by atoms with Crippen molar-refractivity contribution < 1.29 is 9.59 Å². The standard InChI is InChI=1S/C19H26N6O2/c1-3-4-17(19(27)24-13-11-23(2)12-14-24)21-18(26)15-5-7-16(8-6-15)25-10-9-20-22-25/h5-10,17H,3-4,11-14H2,1-2H3,(H,21,26)/t17-/m0/s1. The first-order valence-corrected chi connectivity index (χ1v) is 9.33. The van der Waals surface area contributed by atoms with Crippen LogP contribution in [0.1, 0.15) is 30.1 Å². The number of hydrogen-bond acceptors (Lipinski definition) is 5. The summed E-state index contributed by atoms with van der Waals surface area (Å²) in [6, 6.07) is 6.59. The largest absolute Gasteiger partial charge is 0.340 e. The van der Waals surface area contributed by atoms with Crippen LogP contribution in [0.25, 0.3) is 5.69 Å². The van der Waals surface area contributed by atoms with Crippen LogP contribution in [0.5, 0.6) is 0 Å². The Bertz CT molecular complexity index is 751. The highest BCUT2D eigenvalue weighted by Crippen LogP contribution is 2.11. The van der Waals surface area contributed by atoms with Crippen molar-refractivity contribution in [3.05, 3.63) is 42.2 Å². The average Bonchev–Trinajstić information content (AvgIpc) is 3.22. The Morgan fingerprint density at radius 2 is 1.85 bits per heavy atom. The van der Waals surface area contributed by atoms with Crippen molar-refractivity contribution in [1.29, 1.82) is 0 Å². The number of likely N-dealkylation sites (N-methyl/N-ethyl adjacent to an activating group) is 1. The van der Waals surface area contributed by atoms with Gasteiger partial charge in [-0.3, -0.25) is 9.59 Å². The zero-order valence-electron chi connectivity index (χ0n) is 15.8. The second kappa shape index (κ2) is 8.77. The lowest BCUT2D eigenvalue weighted by atomic mass is 10.1. The second-order valence-corrected chi connectivity index (χ2v) is 6.84. The minimum absolute atomic E-state index is 0.0116. The molecule has 1 aromatic heterocycles. The molecule has 1 aliphatic rings. The summed E-state index contributed by atoms with van der Waals surface area (Å²) in [6.45, 7) is 5.16. The van der Waals surface area contributed by atoms with Gasteiger partial charge in [0, 0.05) is 31.7 Å². The molecule has 0 saturated carbocycles. The molecule has 1 N–H and O–H groups in total. The van der Waals surface area contributed by atoms with Gasteiger partial charge in [0.25, 0.3) is 5.91 Å². The lowest BCUT2D eigenvalue weighted by Crippen LogP contribution is -2.54. The van der Waals surface area contributed by atoms with Gasteiger partial charge in [0.15, 0.2) is 0 Å². The molecule has 0 spiro atoms. The summed E-state index contributed by atoms with van der Waals surface area (Å²) in [4.78, 5) is 29.5. The zero-order chi connectivity index (χ0) is 19.2. The third-order valence-electron chi connectivity index (χ3n) is 4.81. The molecule has 1 aliphatic heterocycles. The fourth-order valence-corrected chi connectivity index (χ4v) is 3.15. The normalized spacial score (nSPS) is 16.1. The topological polar surface area (TPSA) is 83.4 Å². The zero-order valence-corrected chi connectivity index (χ0v) is 15.8. The number of rotatable bonds is 6. The molecule has 3 rings (SSSR count). The third kappa shape index (κ3) is 4.71. The minimum Gasteiger partial charge on any atom is -0.340 e. The summed E-state index contributed by atoms with van der Waals surface area (Å²) in [7, 11) is 2.05. The summed E-state index contributed by atoms with van der Waals surface area (Å²) in [5.41, 5.74) is 1.34. The van der Waals surface area contributed by atoms with Gasteiger partial charge in [0.05, 0.1) is 18.1 Å². The van der Waals surface area contributed by atoms with Crippen molar-refractivity contribution in [1.82, 2.24) is 30.1 Å². The molecule has 2 aromatic rings. The van der Waals surface area contributed by atoms with Crippen LogP contribution in [0.2, 0.25) is 0 Å². The number of nitrogens with one attached hydrogen (secondary N) is 1. The second-order valence-electron chi connectivity index (χ2n) is 6.84. The monoisotopic (exact) mass is 370 g/mol. The number of benzene rings is 1. The van der Waals surface area contributed by atoms with Crippen molar-refractivity contribution in [2.75, 3.05) is 33.2 Å². The van der Waals surface area contributed by atoms with Crippen molar-refractivity contribution >= 4 is 11.8 Å². The summed E-state index contributed by atoms with van der Waals surface area (Å²) in [6.07, 6.45) is 4.80. The Morgan fingerprint density at radius 3 is 2.44 bits per heavy atom. The maximum absolute atomic E-state index is 12.8. The van der Waals surface area contributed by atoms with Gasteiger partial charge in [-0.2, -0.15) is 0 Å². The number of aromatic nitrogens is 3. The smallest absolute Gasteiger partial charge is 0.251 e. The van der Waals surface area contributed by atoms with Crippen LogP contribution in [-0.4, -0.2) is 75.9 Å². The summed E-state index contributed by atoms with van der Waals surface area (Å²) >= 11 is 0. The van der Waals surface area contributed by atoms with Crippen LogP contribution in [0, 0.1) is 0 Å². The number of nitrogens with zero attached hydrogens (tertiary/aromatic N) is 5. The van der Waals surface area contributed by atoms with E-state index in [1.54, 1.807) is 41.3 Å². The van der Waals surface area contributed by atoms with E-state index < -0.39 is 6.04 Å². The van der Waals surface area contributed by atoms with Crippen LogP contribution >= 0.6 is 0 Å². The molecular weight excluding hydrogens is 344 g/mol. The highest BCUT2D eigenvalue weighted by Gasteiger charge is 2.27. The fraction of sp³-hybridized carbons (Fsp3) is 0.474. The van der Waals surface area contributed by atoms with Gasteiger partial charge in [0.1, 0.15) is 6.04 Å². The number of amides is 2. The fourth-order valence-electron chi connectivity index (χ4n) is 3.15. The highest BCUT2D eigenvalue weighted by atomic mass is 16.2. The molecule has 1 fully saturated rings. The third-order valence-corrected chi connectivity index (χ3v) is 4.81. The molecule has 0 radical (unpaired) electrons. The van der Waals surface area contributed by atoms with E-state index in [1.165, 1.54) is 0 Å². The van der Waals surface area contributed by atoms with Crippen molar-refractivity contribution in [3.63, 3.8) is 0 Å². The summed E-state index contributed by atoms with van der Waals surface area (Å²) in [5, 5.41) is 10.6. The first-order valence-electron chi connectivity index (χ1n) is 9.33. The molecule has 0 aliphatic carbocycles. The lowest BCUT2D eigenvalue weighted by molar-refractivity contribution is -0.135. The Labute approximate surface area is 159 Å². The van der Waals surface area contributed by atoms with E-state index in [1.807, 2.05) is 11.8 Å². The number of hydrogen-bond donors (Lipinski definition) is 1. The Hall–Kier alpha value is -2.74. The van der Waals surface area contributed by atoms with E-state index in [4.69, 9.17) is 0 Å². The van der Waals surface area contributed by atoms with Gasteiger partial charge in [-0.05, 0) is 37.7 Å². The molecule has 0 unspecified atom stereocenters. The van der Waals surface area contributed by atoms with E-state index in [9.17, 15) is 9.59 Å². The molecule has 2 heterocycles.